The van der Waals surface area contributed by atoms with E-state index in [0.29, 0.717) is 12.5 Å². The molecule has 0 atom stereocenters. The first-order valence-electron chi connectivity index (χ1n) is 5.07. The predicted molar refractivity (Wildman–Crippen MR) is 67.4 cm³/mol. The highest BCUT2D eigenvalue weighted by molar-refractivity contribution is 7.97. The van der Waals surface area contributed by atoms with Crippen molar-refractivity contribution in [2.24, 2.45) is 0 Å². The smallest absolute Gasteiger partial charge is 0.417 e. The van der Waals surface area contributed by atoms with Crippen LogP contribution in [0.5, 0.6) is 0 Å². The van der Waals surface area contributed by atoms with Gasteiger partial charge in [-0.1, -0.05) is 12.1 Å². The molecule has 0 aliphatic rings. The van der Waals surface area contributed by atoms with Gasteiger partial charge in [0.25, 0.3) is 0 Å². The zero-order valence-corrected chi connectivity index (χ0v) is 10.3. The maximum Gasteiger partial charge on any atom is 0.417 e. The van der Waals surface area contributed by atoms with Gasteiger partial charge in [0.05, 0.1) is 12.5 Å². The molecule has 0 saturated carbocycles. The van der Waals surface area contributed by atoms with E-state index in [0.717, 1.165) is 5.69 Å². The Morgan fingerprint density at radius 1 is 1.50 bits per heavy atom. The van der Waals surface area contributed by atoms with Gasteiger partial charge in [-0.3, -0.25) is 4.72 Å². The summed E-state index contributed by atoms with van der Waals surface area (Å²) in [4.78, 5) is 10.9. The number of carbonyl (C=O) groups excluding carboxylic acids is 1. The molecule has 0 heterocycles. The second-order valence-electron chi connectivity index (χ2n) is 3.16. The summed E-state index contributed by atoms with van der Waals surface area (Å²) in [5.41, 5.74) is 2.24. The molecule has 0 unspecified atom stereocenters. The molecule has 1 aromatic rings. The first-order chi connectivity index (χ1) is 7.72. The van der Waals surface area contributed by atoms with Gasteiger partial charge in [0.2, 0.25) is 0 Å². The third-order valence-corrected chi connectivity index (χ3v) is 2.40. The zero-order chi connectivity index (χ0) is 11.8. The summed E-state index contributed by atoms with van der Waals surface area (Å²) in [6.07, 6.45) is -0.404. The Kier molecular flexibility index (Phi) is 5.56. The monoisotopic (exact) mass is 240 g/mol. The molecule has 2 N–H and O–H groups in total. The first-order valence-corrected chi connectivity index (χ1v) is 6.06. The average Bonchev–Trinajstić information content (AvgIpc) is 2.25. The first kappa shape index (κ1) is 12.7. The molecule has 0 bridgehead atoms. The van der Waals surface area contributed by atoms with Crippen LogP contribution in [0.3, 0.4) is 0 Å². The number of anilines is 1. The minimum absolute atomic E-state index is 0.387. The summed E-state index contributed by atoms with van der Waals surface area (Å²) in [5, 5.41) is 3.18. The van der Waals surface area contributed by atoms with Gasteiger partial charge in [-0.05, 0) is 43.5 Å². The molecule has 0 aromatic heterocycles. The van der Waals surface area contributed by atoms with Crippen molar-refractivity contribution in [3.8, 4) is 0 Å². The van der Waals surface area contributed by atoms with Crippen molar-refractivity contribution in [1.29, 1.82) is 0 Å². The quantitative estimate of drug-likeness (QED) is 0.472. The molecule has 0 saturated heterocycles. The topological polar surface area (TPSA) is 50.4 Å². The summed E-state index contributed by atoms with van der Waals surface area (Å²) in [6.45, 7) is 4.20. The van der Waals surface area contributed by atoms with E-state index < -0.39 is 6.09 Å². The number of nitrogens with one attached hydrogen (secondary N) is 2. The predicted octanol–water partition coefficient (Wildman–Crippen LogP) is 2.76. The summed E-state index contributed by atoms with van der Waals surface area (Å²) >= 11 is 1.27. The van der Waals surface area contributed by atoms with Gasteiger partial charge in [-0.2, -0.15) is 0 Å². The maximum absolute atomic E-state index is 10.9. The Balaban J connectivity index is 2.18. The van der Waals surface area contributed by atoms with Gasteiger partial charge in [-0.15, -0.1) is 0 Å². The van der Waals surface area contributed by atoms with Crippen molar-refractivity contribution in [2.75, 3.05) is 17.8 Å². The zero-order valence-electron chi connectivity index (χ0n) is 9.45. The third kappa shape index (κ3) is 4.93. The number of rotatable bonds is 5. The maximum atomic E-state index is 10.9. The van der Waals surface area contributed by atoms with Gasteiger partial charge in [0, 0.05) is 5.69 Å². The average molecular weight is 240 g/mol. The van der Waals surface area contributed by atoms with Crippen LogP contribution in [0.4, 0.5) is 10.5 Å². The van der Waals surface area contributed by atoms with Gasteiger partial charge < -0.3 is 10.1 Å². The fraction of sp³-hybridized carbons (Fsp3) is 0.364. The number of carbonyl (C=O) groups is 1. The Bertz CT molecular complexity index is 345. The van der Waals surface area contributed by atoms with Crippen molar-refractivity contribution in [3.05, 3.63) is 29.8 Å². The molecule has 1 rings (SSSR count). The van der Waals surface area contributed by atoms with E-state index in [4.69, 9.17) is 4.74 Å². The van der Waals surface area contributed by atoms with Crippen LogP contribution in [-0.2, 0) is 4.74 Å². The Hall–Kier alpha value is -1.36. The van der Waals surface area contributed by atoms with E-state index in [2.05, 4.69) is 10.0 Å². The van der Waals surface area contributed by atoms with Gasteiger partial charge in [-0.25, -0.2) is 4.79 Å². The third-order valence-electron chi connectivity index (χ3n) is 1.80. The summed E-state index contributed by atoms with van der Waals surface area (Å²) in [5.74, 6) is 0.599. The number of hydrogen-bond donors (Lipinski definition) is 2. The molecule has 0 aliphatic carbocycles. The van der Waals surface area contributed by atoms with Crippen LogP contribution in [0.25, 0.3) is 0 Å². The molecule has 0 fully saturated rings. The molecule has 1 aromatic carbocycles. The van der Waals surface area contributed by atoms with E-state index >= 15 is 0 Å². The van der Waals surface area contributed by atoms with E-state index in [-0.39, 0.29) is 0 Å². The highest BCUT2D eigenvalue weighted by atomic mass is 32.2. The number of ether oxygens (including phenoxy) is 1. The van der Waals surface area contributed by atoms with Gasteiger partial charge in [0.15, 0.2) is 0 Å². The van der Waals surface area contributed by atoms with Crippen molar-refractivity contribution in [2.45, 2.75) is 13.8 Å². The van der Waals surface area contributed by atoms with Crippen LogP contribution in [-0.4, -0.2) is 18.6 Å². The molecule has 5 heteroatoms. The standard InChI is InChI=1S/C11H16N2O2S/c1-3-15-11(14)13-16-8-12-10-6-4-5-9(2)7-10/h4-7,12H,3,8H2,1-2H3,(H,13,14). The van der Waals surface area contributed by atoms with Crippen LogP contribution in [0.2, 0.25) is 0 Å². The normalized spacial score (nSPS) is 9.62. The minimum Gasteiger partial charge on any atom is -0.449 e. The van der Waals surface area contributed by atoms with E-state index in [9.17, 15) is 4.79 Å². The Labute approximate surface area is 99.9 Å². The van der Waals surface area contributed by atoms with Crippen molar-refractivity contribution < 1.29 is 9.53 Å². The SMILES string of the molecule is CCOC(=O)NSCNc1cccc(C)c1. The molecular formula is C11H16N2O2S. The van der Waals surface area contributed by atoms with Crippen LogP contribution < -0.4 is 10.0 Å². The lowest BCUT2D eigenvalue weighted by Gasteiger charge is -2.07. The molecule has 16 heavy (non-hydrogen) atoms. The lowest BCUT2D eigenvalue weighted by atomic mass is 10.2. The van der Waals surface area contributed by atoms with Crippen molar-refractivity contribution in [1.82, 2.24) is 4.72 Å². The lowest BCUT2D eigenvalue weighted by Crippen LogP contribution is -2.18. The number of hydrogen-bond acceptors (Lipinski definition) is 4. The van der Waals surface area contributed by atoms with Gasteiger partial charge in [0.1, 0.15) is 0 Å². The number of aryl methyl sites for hydroxylation is 1. The van der Waals surface area contributed by atoms with E-state index in [1.165, 1.54) is 17.5 Å². The summed E-state index contributed by atoms with van der Waals surface area (Å²) in [6, 6.07) is 8.05. The Morgan fingerprint density at radius 3 is 3.00 bits per heavy atom. The molecule has 88 valence electrons. The molecule has 0 spiro atoms. The van der Waals surface area contributed by atoms with Crippen LogP contribution in [0, 0.1) is 6.92 Å². The van der Waals surface area contributed by atoms with Crippen LogP contribution in [0.1, 0.15) is 12.5 Å². The molecule has 4 nitrogen and oxygen atoms in total. The molecule has 1 amide bonds. The van der Waals surface area contributed by atoms with Crippen molar-refractivity contribution in [3.63, 3.8) is 0 Å². The number of benzene rings is 1. The Morgan fingerprint density at radius 2 is 2.31 bits per heavy atom. The van der Waals surface area contributed by atoms with E-state index in [1.54, 1.807) is 6.92 Å². The minimum atomic E-state index is -0.404. The highest BCUT2D eigenvalue weighted by Crippen LogP contribution is 2.10. The van der Waals surface area contributed by atoms with E-state index in [1.807, 2.05) is 31.2 Å². The van der Waals surface area contributed by atoms with Crippen LogP contribution in [0.15, 0.2) is 24.3 Å². The molecular weight excluding hydrogens is 224 g/mol. The fourth-order valence-electron chi connectivity index (χ4n) is 1.13. The second-order valence-corrected chi connectivity index (χ2v) is 3.94. The van der Waals surface area contributed by atoms with Crippen molar-refractivity contribution >= 4 is 23.7 Å². The van der Waals surface area contributed by atoms with Crippen LogP contribution >= 0.6 is 11.9 Å². The second kappa shape index (κ2) is 7.00. The molecule has 0 aliphatic heterocycles. The highest BCUT2D eigenvalue weighted by Gasteiger charge is 1.98. The fourth-order valence-corrected chi connectivity index (χ4v) is 1.62. The van der Waals surface area contributed by atoms with Gasteiger partial charge >= 0.3 is 6.09 Å². The summed E-state index contributed by atoms with van der Waals surface area (Å²) < 4.78 is 7.28. The molecule has 0 radical (unpaired) electrons. The lowest BCUT2D eigenvalue weighted by molar-refractivity contribution is 0.159. The summed E-state index contributed by atoms with van der Waals surface area (Å²) in [7, 11) is 0. The largest absolute Gasteiger partial charge is 0.449 e. The number of amides is 1.